The van der Waals surface area contributed by atoms with E-state index in [2.05, 4.69) is 37.1 Å². The van der Waals surface area contributed by atoms with Crippen LogP contribution in [0.25, 0.3) is 20.7 Å². The fraction of sp³-hybridized carbons (Fsp3) is 0.200. The summed E-state index contributed by atoms with van der Waals surface area (Å²) in [5.74, 6) is 0. The molecule has 3 nitrogen and oxygen atoms in total. The normalized spacial score (nSPS) is 11.3. The molecule has 0 N–H and O–H groups in total. The van der Waals surface area contributed by atoms with E-state index in [4.69, 9.17) is 0 Å². The van der Waals surface area contributed by atoms with Crippen molar-refractivity contribution in [2.24, 2.45) is 0 Å². The Kier molecular flexibility index (Phi) is 2.95. The van der Waals surface area contributed by atoms with E-state index in [1.54, 1.807) is 11.3 Å². The minimum atomic E-state index is 0.252. The number of aromatic nitrogens is 2. The van der Waals surface area contributed by atoms with Crippen LogP contribution in [0.5, 0.6) is 0 Å². The second-order valence-corrected chi connectivity index (χ2v) is 5.86. The van der Waals surface area contributed by atoms with E-state index in [1.807, 2.05) is 23.0 Å². The minimum absolute atomic E-state index is 0.252. The fourth-order valence-corrected chi connectivity index (χ4v) is 3.12. The Balaban J connectivity index is 2.17. The van der Waals surface area contributed by atoms with Crippen molar-refractivity contribution in [2.45, 2.75) is 19.9 Å². The third-order valence-electron chi connectivity index (χ3n) is 3.08. The van der Waals surface area contributed by atoms with Crippen LogP contribution in [-0.2, 0) is 0 Å². The Bertz CT molecular complexity index is 707. The maximum Gasteiger partial charge on any atom is 0.153 e. The largest absolute Gasteiger partial charge is 0.298 e. The van der Waals surface area contributed by atoms with E-state index in [0.717, 1.165) is 16.9 Å². The highest BCUT2D eigenvalue weighted by Gasteiger charge is 2.14. The predicted molar refractivity (Wildman–Crippen MR) is 78.8 cm³/mol. The standard InChI is InChI=1S/C15H14N2OS/c1-10(2)17-8-12(9-18)15(16-17)14-7-11-5-3-4-6-13(11)19-14/h3-10H,1-2H3. The molecule has 0 unspecified atom stereocenters. The molecule has 1 aromatic carbocycles. The molecular formula is C15H14N2OS. The molecular weight excluding hydrogens is 256 g/mol. The van der Waals surface area contributed by atoms with Gasteiger partial charge in [-0.3, -0.25) is 9.48 Å². The number of carbonyl (C=O) groups excluding carboxylic acids is 1. The first-order chi connectivity index (χ1) is 9.19. The molecule has 0 saturated carbocycles. The molecule has 96 valence electrons. The van der Waals surface area contributed by atoms with Gasteiger partial charge in [-0.1, -0.05) is 18.2 Å². The summed E-state index contributed by atoms with van der Waals surface area (Å²) in [5.41, 5.74) is 1.44. The molecule has 2 heterocycles. The number of hydrogen-bond acceptors (Lipinski definition) is 3. The van der Waals surface area contributed by atoms with E-state index in [9.17, 15) is 4.79 Å². The molecule has 0 bridgehead atoms. The molecule has 0 fully saturated rings. The molecule has 3 rings (SSSR count). The van der Waals surface area contributed by atoms with Gasteiger partial charge in [-0.2, -0.15) is 5.10 Å². The molecule has 19 heavy (non-hydrogen) atoms. The van der Waals surface area contributed by atoms with Gasteiger partial charge in [0, 0.05) is 16.9 Å². The van der Waals surface area contributed by atoms with Gasteiger partial charge in [0.1, 0.15) is 5.69 Å². The topological polar surface area (TPSA) is 34.9 Å². The Morgan fingerprint density at radius 3 is 2.79 bits per heavy atom. The summed E-state index contributed by atoms with van der Waals surface area (Å²) in [4.78, 5) is 12.2. The van der Waals surface area contributed by atoms with Gasteiger partial charge >= 0.3 is 0 Å². The minimum Gasteiger partial charge on any atom is -0.298 e. The van der Waals surface area contributed by atoms with Crippen molar-refractivity contribution in [3.05, 3.63) is 42.1 Å². The summed E-state index contributed by atoms with van der Waals surface area (Å²) < 4.78 is 3.05. The average molecular weight is 270 g/mol. The maximum atomic E-state index is 11.2. The SMILES string of the molecule is CC(C)n1cc(C=O)c(-c2cc3ccccc3s2)n1. The van der Waals surface area contributed by atoms with E-state index in [1.165, 1.54) is 10.1 Å². The van der Waals surface area contributed by atoms with E-state index in [-0.39, 0.29) is 6.04 Å². The molecule has 0 aliphatic heterocycles. The van der Waals surface area contributed by atoms with Gasteiger partial charge in [0.25, 0.3) is 0 Å². The first-order valence-corrected chi connectivity index (χ1v) is 7.04. The van der Waals surface area contributed by atoms with Crippen LogP contribution in [0.4, 0.5) is 0 Å². The Hall–Kier alpha value is -1.94. The predicted octanol–water partition coefficient (Wildman–Crippen LogP) is 4.16. The van der Waals surface area contributed by atoms with E-state index >= 15 is 0 Å². The first kappa shape index (κ1) is 12.1. The number of rotatable bonds is 3. The summed E-state index contributed by atoms with van der Waals surface area (Å²) >= 11 is 1.67. The fourth-order valence-electron chi connectivity index (χ4n) is 2.05. The second-order valence-electron chi connectivity index (χ2n) is 4.77. The molecule has 0 amide bonds. The van der Waals surface area contributed by atoms with Crippen LogP contribution in [0.2, 0.25) is 0 Å². The van der Waals surface area contributed by atoms with Crippen LogP contribution in [0, 0.1) is 0 Å². The summed E-state index contributed by atoms with van der Waals surface area (Å²) in [6, 6.07) is 10.6. The molecule has 2 aromatic heterocycles. The Morgan fingerprint density at radius 2 is 2.11 bits per heavy atom. The lowest BCUT2D eigenvalue weighted by atomic mass is 10.2. The summed E-state index contributed by atoms with van der Waals surface area (Å²) in [5, 5.41) is 5.73. The van der Waals surface area contributed by atoms with Gasteiger partial charge in [-0.25, -0.2) is 0 Å². The Morgan fingerprint density at radius 1 is 1.32 bits per heavy atom. The first-order valence-electron chi connectivity index (χ1n) is 6.22. The summed E-state index contributed by atoms with van der Waals surface area (Å²) in [6.07, 6.45) is 2.70. The van der Waals surface area contributed by atoms with Crippen LogP contribution in [-0.4, -0.2) is 16.1 Å². The highest BCUT2D eigenvalue weighted by atomic mass is 32.1. The molecule has 0 spiro atoms. The molecule has 3 aromatic rings. The number of carbonyl (C=O) groups is 1. The van der Waals surface area contributed by atoms with Crippen molar-refractivity contribution in [2.75, 3.05) is 0 Å². The molecule has 0 atom stereocenters. The Labute approximate surface area is 115 Å². The number of hydrogen-bond donors (Lipinski definition) is 0. The van der Waals surface area contributed by atoms with Gasteiger partial charge in [0.2, 0.25) is 0 Å². The zero-order valence-electron chi connectivity index (χ0n) is 10.8. The second kappa shape index (κ2) is 4.63. The van der Waals surface area contributed by atoms with Crippen LogP contribution >= 0.6 is 11.3 Å². The van der Waals surface area contributed by atoms with Gasteiger partial charge in [-0.05, 0) is 31.4 Å². The van der Waals surface area contributed by atoms with Crippen molar-refractivity contribution in [3.8, 4) is 10.6 Å². The summed E-state index contributed by atoms with van der Waals surface area (Å²) in [6.45, 7) is 4.10. The zero-order valence-corrected chi connectivity index (χ0v) is 11.6. The van der Waals surface area contributed by atoms with Gasteiger partial charge in [0.15, 0.2) is 6.29 Å². The van der Waals surface area contributed by atoms with Crippen LogP contribution < -0.4 is 0 Å². The highest BCUT2D eigenvalue weighted by molar-refractivity contribution is 7.22. The highest BCUT2D eigenvalue weighted by Crippen LogP contribution is 2.34. The quantitative estimate of drug-likeness (QED) is 0.670. The molecule has 0 saturated heterocycles. The van der Waals surface area contributed by atoms with Gasteiger partial charge in [-0.15, -0.1) is 11.3 Å². The van der Waals surface area contributed by atoms with Crippen LogP contribution in [0.1, 0.15) is 30.2 Å². The molecule has 0 radical (unpaired) electrons. The van der Waals surface area contributed by atoms with Crippen molar-refractivity contribution in [1.29, 1.82) is 0 Å². The molecule has 0 aliphatic carbocycles. The summed E-state index contributed by atoms with van der Waals surface area (Å²) in [7, 11) is 0. The number of benzene rings is 1. The van der Waals surface area contributed by atoms with Crippen LogP contribution in [0.3, 0.4) is 0 Å². The van der Waals surface area contributed by atoms with Crippen molar-refractivity contribution < 1.29 is 4.79 Å². The lowest BCUT2D eigenvalue weighted by Crippen LogP contribution is -2.00. The zero-order chi connectivity index (χ0) is 13.4. The third-order valence-corrected chi connectivity index (χ3v) is 4.20. The van der Waals surface area contributed by atoms with Crippen molar-refractivity contribution in [1.82, 2.24) is 9.78 Å². The smallest absolute Gasteiger partial charge is 0.153 e. The monoisotopic (exact) mass is 270 g/mol. The number of fused-ring (bicyclic) bond motifs is 1. The van der Waals surface area contributed by atoms with E-state index < -0.39 is 0 Å². The van der Waals surface area contributed by atoms with E-state index in [0.29, 0.717) is 5.56 Å². The lowest BCUT2D eigenvalue weighted by molar-refractivity contribution is 0.112. The number of thiophene rings is 1. The lowest BCUT2D eigenvalue weighted by Gasteiger charge is -2.02. The van der Waals surface area contributed by atoms with Gasteiger partial charge in [0.05, 0.1) is 10.4 Å². The average Bonchev–Trinajstić information content (AvgIpc) is 3.01. The maximum absolute atomic E-state index is 11.2. The number of nitrogens with zero attached hydrogens (tertiary/aromatic N) is 2. The van der Waals surface area contributed by atoms with Gasteiger partial charge < -0.3 is 0 Å². The number of aldehydes is 1. The van der Waals surface area contributed by atoms with Crippen molar-refractivity contribution >= 4 is 27.7 Å². The molecule has 4 heteroatoms. The third kappa shape index (κ3) is 2.08. The molecule has 0 aliphatic rings. The van der Waals surface area contributed by atoms with Crippen molar-refractivity contribution in [3.63, 3.8) is 0 Å². The van der Waals surface area contributed by atoms with Crippen LogP contribution in [0.15, 0.2) is 36.5 Å².